The molecule has 5 heteroatoms. The molecule has 3 aromatic rings. The summed E-state index contributed by atoms with van der Waals surface area (Å²) in [5, 5.41) is 4.17. The van der Waals surface area contributed by atoms with E-state index in [1.165, 1.54) is 18.0 Å². The van der Waals surface area contributed by atoms with Crippen molar-refractivity contribution in [1.82, 2.24) is 15.3 Å². The Labute approximate surface area is 128 Å². The van der Waals surface area contributed by atoms with Gasteiger partial charge in [0.25, 0.3) is 0 Å². The molecular formula is C17H17FN4. The lowest BCUT2D eigenvalue weighted by atomic mass is 10.1. The van der Waals surface area contributed by atoms with Gasteiger partial charge in [-0.1, -0.05) is 12.1 Å². The third-order valence-electron chi connectivity index (χ3n) is 4.16. The molecule has 0 aliphatic carbocycles. The van der Waals surface area contributed by atoms with E-state index in [1.54, 1.807) is 0 Å². The van der Waals surface area contributed by atoms with Crippen molar-refractivity contribution >= 4 is 16.7 Å². The quantitative estimate of drug-likeness (QED) is 0.764. The van der Waals surface area contributed by atoms with Gasteiger partial charge in [-0.25, -0.2) is 9.37 Å². The fourth-order valence-corrected chi connectivity index (χ4v) is 2.99. The molecule has 0 unspecified atom stereocenters. The SMILES string of the molecule is Fc1cnc2[nH]cc(-c3ccc(N4CCNCC4)cc3)c2c1. The van der Waals surface area contributed by atoms with Gasteiger partial charge in [0.05, 0.1) is 6.20 Å². The third kappa shape index (κ3) is 2.33. The highest BCUT2D eigenvalue weighted by Gasteiger charge is 2.12. The summed E-state index contributed by atoms with van der Waals surface area (Å²) in [5.41, 5.74) is 3.99. The minimum Gasteiger partial charge on any atom is -0.369 e. The van der Waals surface area contributed by atoms with E-state index in [0.717, 1.165) is 42.7 Å². The lowest BCUT2D eigenvalue weighted by Gasteiger charge is -2.29. The number of pyridine rings is 1. The molecule has 4 nitrogen and oxygen atoms in total. The molecule has 1 aromatic carbocycles. The molecule has 0 atom stereocenters. The second kappa shape index (κ2) is 5.42. The number of halogens is 1. The van der Waals surface area contributed by atoms with Gasteiger partial charge in [-0.2, -0.15) is 0 Å². The Bertz CT molecular complexity index is 788. The zero-order valence-electron chi connectivity index (χ0n) is 12.1. The summed E-state index contributed by atoms with van der Waals surface area (Å²) in [7, 11) is 0. The molecule has 3 heterocycles. The Morgan fingerprint density at radius 2 is 1.86 bits per heavy atom. The fraction of sp³-hybridized carbons (Fsp3) is 0.235. The molecule has 0 bridgehead atoms. The molecular weight excluding hydrogens is 279 g/mol. The van der Waals surface area contributed by atoms with Gasteiger partial charge in [0, 0.05) is 49.0 Å². The number of H-pyrrole nitrogens is 1. The van der Waals surface area contributed by atoms with Crippen LogP contribution < -0.4 is 10.2 Å². The maximum atomic E-state index is 13.4. The molecule has 1 aliphatic rings. The number of piperazine rings is 1. The minimum atomic E-state index is -0.314. The third-order valence-corrected chi connectivity index (χ3v) is 4.16. The largest absolute Gasteiger partial charge is 0.369 e. The standard InChI is InChI=1S/C17H17FN4/c18-13-9-15-16(11-21-17(15)20-10-13)12-1-3-14(4-2-12)22-7-5-19-6-8-22/h1-4,9-11,19H,5-8H2,(H,20,21). The van der Waals surface area contributed by atoms with Crippen molar-refractivity contribution in [2.75, 3.05) is 31.1 Å². The van der Waals surface area contributed by atoms with E-state index >= 15 is 0 Å². The van der Waals surface area contributed by atoms with Crippen LogP contribution in [0.4, 0.5) is 10.1 Å². The van der Waals surface area contributed by atoms with Crippen LogP contribution >= 0.6 is 0 Å². The first-order valence-corrected chi connectivity index (χ1v) is 7.50. The molecule has 112 valence electrons. The highest BCUT2D eigenvalue weighted by Crippen LogP contribution is 2.29. The summed E-state index contributed by atoms with van der Waals surface area (Å²) in [6.45, 7) is 4.10. The Balaban J connectivity index is 1.68. The molecule has 1 saturated heterocycles. The van der Waals surface area contributed by atoms with Crippen LogP contribution in [0, 0.1) is 5.82 Å². The molecule has 0 spiro atoms. The summed E-state index contributed by atoms with van der Waals surface area (Å²) >= 11 is 0. The lowest BCUT2D eigenvalue weighted by molar-refractivity contribution is 0.589. The normalized spacial score (nSPS) is 15.4. The summed E-state index contributed by atoms with van der Waals surface area (Å²) in [4.78, 5) is 9.54. The Morgan fingerprint density at radius 3 is 2.64 bits per heavy atom. The van der Waals surface area contributed by atoms with E-state index < -0.39 is 0 Å². The number of hydrogen-bond acceptors (Lipinski definition) is 3. The van der Waals surface area contributed by atoms with Crippen molar-refractivity contribution in [3.05, 3.63) is 48.5 Å². The van der Waals surface area contributed by atoms with Crippen LogP contribution in [0.3, 0.4) is 0 Å². The van der Waals surface area contributed by atoms with Crippen molar-refractivity contribution in [3.63, 3.8) is 0 Å². The second-order valence-corrected chi connectivity index (χ2v) is 5.54. The summed E-state index contributed by atoms with van der Waals surface area (Å²) in [5.74, 6) is -0.314. The number of aromatic nitrogens is 2. The summed E-state index contributed by atoms with van der Waals surface area (Å²) in [6, 6.07) is 9.96. The van der Waals surface area contributed by atoms with Crippen LogP contribution in [-0.2, 0) is 0 Å². The molecule has 4 rings (SSSR count). The van der Waals surface area contributed by atoms with Gasteiger partial charge < -0.3 is 15.2 Å². The second-order valence-electron chi connectivity index (χ2n) is 5.54. The lowest BCUT2D eigenvalue weighted by Crippen LogP contribution is -2.43. The molecule has 1 aliphatic heterocycles. The monoisotopic (exact) mass is 296 g/mol. The van der Waals surface area contributed by atoms with Crippen LogP contribution in [0.15, 0.2) is 42.7 Å². The summed E-state index contributed by atoms with van der Waals surface area (Å²) in [6.07, 6.45) is 3.12. The highest BCUT2D eigenvalue weighted by molar-refractivity contribution is 5.93. The maximum absolute atomic E-state index is 13.4. The van der Waals surface area contributed by atoms with Crippen LogP contribution in [0.25, 0.3) is 22.2 Å². The highest BCUT2D eigenvalue weighted by atomic mass is 19.1. The van der Waals surface area contributed by atoms with Gasteiger partial charge in [-0.3, -0.25) is 0 Å². The first kappa shape index (κ1) is 13.3. The van der Waals surface area contributed by atoms with Crippen LogP contribution in [0.2, 0.25) is 0 Å². The number of rotatable bonds is 2. The van der Waals surface area contributed by atoms with Crippen molar-refractivity contribution in [1.29, 1.82) is 0 Å². The number of nitrogens with one attached hydrogen (secondary N) is 2. The van der Waals surface area contributed by atoms with Gasteiger partial charge in [0.1, 0.15) is 11.5 Å². The van der Waals surface area contributed by atoms with Crippen molar-refractivity contribution in [2.45, 2.75) is 0 Å². The topological polar surface area (TPSA) is 44.0 Å². The van der Waals surface area contributed by atoms with Gasteiger partial charge in [0.15, 0.2) is 0 Å². The smallest absolute Gasteiger partial charge is 0.142 e. The first-order chi connectivity index (χ1) is 10.8. The van der Waals surface area contributed by atoms with Crippen molar-refractivity contribution < 1.29 is 4.39 Å². The minimum absolute atomic E-state index is 0.314. The molecule has 22 heavy (non-hydrogen) atoms. The van der Waals surface area contributed by atoms with Crippen LogP contribution in [0.5, 0.6) is 0 Å². The number of nitrogens with zero attached hydrogens (tertiary/aromatic N) is 2. The molecule has 0 radical (unpaired) electrons. The van der Waals surface area contributed by atoms with Crippen molar-refractivity contribution in [2.24, 2.45) is 0 Å². The van der Waals surface area contributed by atoms with E-state index in [4.69, 9.17) is 0 Å². The maximum Gasteiger partial charge on any atom is 0.142 e. The van der Waals surface area contributed by atoms with Crippen molar-refractivity contribution in [3.8, 4) is 11.1 Å². The molecule has 2 N–H and O–H groups in total. The van der Waals surface area contributed by atoms with Gasteiger partial charge in [0.2, 0.25) is 0 Å². The number of benzene rings is 1. The zero-order valence-corrected chi connectivity index (χ0v) is 12.1. The van der Waals surface area contributed by atoms with E-state index in [0.29, 0.717) is 5.65 Å². The van der Waals surface area contributed by atoms with Crippen LogP contribution in [-0.4, -0.2) is 36.1 Å². The number of fused-ring (bicyclic) bond motifs is 1. The van der Waals surface area contributed by atoms with E-state index in [2.05, 4.69) is 44.5 Å². The van der Waals surface area contributed by atoms with E-state index in [-0.39, 0.29) is 5.82 Å². The zero-order chi connectivity index (χ0) is 14.9. The fourth-order valence-electron chi connectivity index (χ4n) is 2.99. The molecule has 0 amide bonds. The van der Waals surface area contributed by atoms with Crippen LogP contribution in [0.1, 0.15) is 0 Å². The average molecular weight is 296 g/mol. The Morgan fingerprint density at radius 1 is 1.09 bits per heavy atom. The predicted octanol–water partition coefficient (Wildman–Crippen LogP) is 2.78. The van der Waals surface area contributed by atoms with E-state index in [1.807, 2.05) is 6.20 Å². The Kier molecular flexibility index (Phi) is 3.27. The Hall–Kier alpha value is -2.40. The first-order valence-electron chi connectivity index (χ1n) is 7.50. The van der Waals surface area contributed by atoms with Gasteiger partial charge in [-0.15, -0.1) is 0 Å². The molecule has 2 aromatic heterocycles. The molecule has 0 saturated carbocycles. The average Bonchev–Trinajstić information content (AvgIpc) is 2.99. The van der Waals surface area contributed by atoms with Gasteiger partial charge >= 0.3 is 0 Å². The number of hydrogen-bond donors (Lipinski definition) is 2. The van der Waals surface area contributed by atoms with E-state index in [9.17, 15) is 4.39 Å². The number of aromatic amines is 1. The predicted molar refractivity (Wildman–Crippen MR) is 86.6 cm³/mol. The summed E-state index contributed by atoms with van der Waals surface area (Å²) < 4.78 is 13.4. The molecule has 1 fully saturated rings. The van der Waals surface area contributed by atoms with Gasteiger partial charge in [-0.05, 0) is 23.8 Å². The number of anilines is 1.